The Kier molecular flexibility index (Phi) is 21.0. The molecule has 0 N–H and O–H groups in total. The van der Waals surface area contributed by atoms with E-state index in [9.17, 15) is 0 Å². The summed E-state index contributed by atoms with van der Waals surface area (Å²) in [6.45, 7) is 32.7. The summed E-state index contributed by atoms with van der Waals surface area (Å²) in [6, 6.07) is 2.12. The fourth-order valence-corrected chi connectivity index (χ4v) is 9.49. The predicted molar refractivity (Wildman–Crippen MR) is 158 cm³/mol. The van der Waals surface area contributed by atoms with Crippen LogP contribution >= 0.6 is 0 Å². The van der Waals surface area contributed by atoms with Gasteiger partial charge in [-0.15, -0.1) is 0 Å². The Morgan fingerprint density at radius 3 is 0.971 bits per heavy atom. The van der Waals surface area contributed by atoms with Gasteiger partial charge in [-0.25, -0.2) is 0 Å². The largest absolute Gasteiger partial charge is 0.394 e. The van der Waals surface area contributed by atoms with Gasteiger partial charge in [0.2, 0.25) is 0 Å². The van der Waals surface area contributed by atoms with E-state index in [1.54, 1.807) is 0 Å². The molecule has 6 heteroatoms. The lowest BCUT2D eigenvalue weighted by molar-refractivity contribution is 0.0526. The van der Waals surface area contributed by atoms with Gasteiger partial charge in [0.05, 0.1) is 0 Å². The van der Waals surface area contributed by atoms with E-state index in [1.807, 2.05) is 0 Å². The van der Waals surface area contributed by atoms with E-state index >= 15 is 0 Å². The van der Waals surface area contributed by atoms with Crippen LogP contribution in [-0.2, 0) is 8.85 Å². The molecular formula is C29H65N3O2Si. The fraction of sp³-hybridized carbons (Fsp3) is 1.00. The Labute approximate surface area is 222 Å². The Morgan fingerprint density at radius 2 is 0.771 bits per heavy atom. The summed E-state index contributed by atoms with van der Waals surface area (Å²) in [5, 5.41) is 0. The highest BCUT2D eigenvalue weighted by atomic mass is 28.4. The topological polar surface area (TPSA) is 28.2 Å². The van der Waals surface area contributed by atoms with Crippen molar-refractivity contribution < 1.29 is 8.85 Å². The summed E-state index contributed by atoms with van der Waals surface area (Å²) in [6.07, 6.45) is 7.28. The van der Waals surface area contributed by atoms with Crippen molar-refractivity contribution in [3.05, 3.63) is 0 Å². The Balaban J connectivity index is 6.64. The fourth-order valence-electron chi connectivity index (χ4n) is 6.02. The minimum Gasteiger partial charge on any atom is -0.394 e. The SMILES string of the molecule is CCCN(CCC)CC(CN(CCC)CCC)(CN(CCC)CCC)C[Si](CC)(OCC)OCC. The molecule has 0 aromatic carbocycles. The molecule has 0 saturated carbocycles. The Bertz CT molecular complexity index is 411. The van der Waals surface area contributed by atoms with Gasteiger partial charge in [0.25, 0.3) is 0 Å². The first-order valence-corrected chi connectivity index (χ1v) is 17.5. The van der Waals surface area contributed by atoms with Crippen molar-refractivity contribution in [3.8, 4) is 0 Å². The molecule has 0 aliphatic carbocycles. The summed E-state index contributed by atoms with van der Waals surface area (Å²) in [4.78, 5) is 8.29. The molecule has 0 unspecified atom stereocenters. The van der Waals surface area contributed by atoms with Crippen LogP contribution in [0.25, 0.3) is 0 Å². The summed E-state index contributed by atoms with van der Waals surface area (Å²) in [5.41, 5.74) is 0.144. The monoisotopic (exact) mass is 515 g/mol. The molecule has 0 aromatic heterocycles. The summed E-state index contributed by atoms with van der Waals surface area (Å²) in [5.74, 6) is 0. The van der Waals surface area contributed by atoms with Crippen LogP contribution in [0.4, 0.5) is 0 Å². The van der Waals surface area contributed by atoms with Crippen molar-refractivity contribution in [2.45, 2.75) is 113 Å². The zero-order chi connectivity index (χ0) is 26.6. The van der Waals surface area contributed by atoms with Gasteiger partial charge in [-0.2, -0.15) is 0 Å². The standard InChI is InChI=1S/C29H65N3O2Si/c1-10-19-30(20-11-2)25-29(26-31(21-12-3)22-13-4,27-32(23-14-5)24-15-6)28-35(18-9,33-16-7)34-17-8/h10-28H2,1-9H3. The van der Waals surface area contributed by atoms with Crippen LogP contribution in [0, 0.1) is 5.41 Å². The second-order valence-electron chi connectivity index (χ2n) is 10.6. The minimum atomic E-state index is -2.32. The maximum absolute atomic E-state index is 6.64. The lowest BCUT2D eigenvalue weighted by atomic mass is 9.87. The summed E-state index contributed by atoms with van der Waals surface area (Å²) >= 11 is 0. The maximum atomic E-state index is 6.64. The van der Waals surface area contributed by atoms with Crippen molar-refractivity contribution in [1.82, 2.24) is 14.7 Å². The van der Waals surface area contributed by atoms with Gasteiger partial charge in [0.1, 0.15) is 0 Å². The van der Waals surface area contributed by atoms with Crippen molar-refractivity contribution in [3.63, 3.8) is 0 Å². The van der Waals surface area contributed by atoms with E-state index in [2.05, 4.69) is 77.0 Å². The van der Waals surface area contributed by atoms with Crippen LogP contribution in [0.3, 0.4) is 0 Å². The van der Waals surface area contributed by atoms with Gasteiger partial charge < -0.3 is 23.6 Å². The van der Waals surface area contributed by atoms with Crippen LogP contribution < -0.4 is 0 Å². The molecule has 0 amide bonds. The van der Waals surface area contributed by atoms with Crippen molar-refractivity contribution >= 4 is 8.56 Å². The highest BCUT2D eigenvalue weighted by Crippen LogP contribution is 2.37. The molecule has 0 saturated heterocycles. The van der Waals surface area contributed by atoms with E-state index in [0.717, 1.165) is 44.9 Å². The van der Waals surface area contributed by atoms with Gasteiger partial charge in [-0.1, -0.05) is 48.5 Å². The third kappa shape index (κ3) is 13.9. The minimum absolute atomic E-state index is 0.144. The average molecular weight is 516 g/mol. The second kappa shape index (κ2) is 21.0. The number of hydrogen-bond acceptors (Lipinski definition) is 5. The zero-order valence-corrected chi connectivity index (χ0v) is 26.6. The molecule has 35 heavy (non-hydrogen) atoms. The average Bonchev–Trinajstić information content (AvgIpc) is 2.80. The second-order valence-corrected chi connectivity index (χ2v) is 14.1. The third-order valence-electron chi connectivity index (χ3n) is 6.91. The third-order valence-corrected chi connectivity index (χ3v) is 10.9. The first-order valence-electron chi connectivity index (χ1n) is 15.3. The molecule has 0 heterocycles. The molecule has 0 bridgehead atoms. The van der Waals surface area contributed by atoms with Crippen LogP contribution in [0.5, 0.6) is 0 Å². The van der Waals surface area contributed by atoms with E-state index in [-0.39, 0.29) is 5.41 Å². The molecule has 0 radical (unpaired) electrons. The van der Waals surface area contributed by atoms with Crippen molar-refractivity contribution in [2.75, 3.05) is 72.1 Å². The molecule has 0 aliphatic heterocycles. The maximum Gasteiger partial charge on any atom is 0.338 e. The highest BCUT2D eigenvalue weighted by molar-refractivity contribution is 6.67. The summed E-state index contributed by atoms with van der Waals surface area (Å²) in [7, 11) is -2.32. The molecule has 0 rings (SSSR count). The van der Waals surface area contributed by atoms with E-state index in [4.69, 9.17) is 8.85 Å². The van der Waals surface area contributed by atoms with Crippen LogP contribution in [0.15, 0.2) is 0 Å². The van der Waals surface area contributed by atoms with Crippen LogP contribution in [0.2, 0.25) is 12.1 Å². The zero-order valence-electron chi connectivity index (χ0n) is 25.6. The molecule has 0 fully saturated rings. The van der Waals surface area contributed by atoms with E-state index in [0.29, 0.717) is 0 Å². The van der Waals surface area contributed by atoms with Gasteiger partial charge in [0, 0.05) is 44.3 Å². The lowest BCUT2D eigenvalue weighted by Gasteiger charge is -2.48. The van der Waals surface area contributed by atoms with Gasteiger partial charge in [-0.3, -0.25) is 0 Å². The quantitative estimate of drug-likeness (QED) is 0.124. The molecular weight excluding hydrogens is 450 g/mol. The van der Waals surface area contributed by atoms with E-state index in [1.165, 1.54) is 77.8 Å². The van der Waals surface area contributed by atoms with Gasteiger partial charge in [-0.05, 0) is 97.7 Å². The molecule has 0 aromatic rings. The predicted octanol–water partition coefficient (Wildman–Crippen LogP) is 6.87. The van der Waals surface area contributed by atoms with Gasteiger partial charge >= 0.3 is 8.56 Å². The molecule has 0 atom stereocenters. The normalized spacial score (nSPS) is 13.0. The van der Waals surface area contributed by atoms with Crippen molar-refractivity contribution in [2.24, 2.45) is 5.41 Å². The van der Waals surface area contributed by atoms with E-state index < -0.39 is 8.56 Å². The summed E-state index contributed by atoms with van der Waals surface area (Å²) < 4.78 is 13.3. The molecule has 5 nitrogen and oxygen atoms in total. The molecule has 212 valence electrons. The first kappa shape index (κ1) is 35.0. The lowest BCUT2D eigenvalue weighted by Crippen LogP contribution is -2.58. The Morgan fingerprint density at radius 1 is 0.486 bits per heavy atom. The first-order chi connectivity index (χ1) is 16.9. The van der Waals surface area contributed by atoms with Crippen LogP contribution in [-0.4, -0.2) is 95.4 Å². The molecule has 0 spiro atoms. The Hall–Kier alpha value is 0.0169. The highest BCUT2D eigenvalue weighted by Gasteiger charge is 2.47. The van der Waals surface area contributed by atoms with Crippen molar-refractivity contribution in [1.29, 1.82) is 0 Å². The molecule has 0 aliphatic rings. The van der Waals surface area contributed by atoms with Gasteiger partial charge in [0.15, 0.2) is 0 Å². The smallest absolute Gasteiger partial charge is 0.338 e. The number of hydrogen-bond donors (Lipinski definition) is 0. The number of rotatable bonds is 25. The van der Waals surface area contributed by atoms with Crippen LogP contribution in [0.1, 0.15) is 101 Å². The number of nitrogens with zero attached hydrogens (tertiary/aromatic N) is 3.